The van der Waals surface area contributed by atoms with Crippen LogP contribution in [0, 0.1) is 0 Å². The summed E-state index contributed by atoms with van der Waals surface area (Å²) >= 11 is 0. The monoisotopic (exact) mass is 917 g/mol. The molecule has 2 N–H and O–H groups in total. The van der Waals surface area contributed by atoms with E-state index in [4.69, 9.17) is 9.05 Å². The van der Waals surface area contributed by atoms with Gasteiger partial charge in [-0.05, 0) is 64.2 Å². The standard InChI is InChI=1S/C55H101N2O6P/c1-6-8-10-12-14-16-18-20-22-24-25-26-27-28-29-30-31-33-35-37-39-41-43-45-47-49-55(59)56-53(52-63-64(60,61)62-51-50-57(3,4)5)54(58)48-46-44-42-40-38-36-34-32-23-21-19-17-15-13-11-9-7-2/h8,10,14,16,20,22,25-26,28-29,31,33,53-54,58H,6-7,9,11-13,15,17-19,21,23-24,27,30,32,34-52H2,1-5H3,(H-,56,59,60,61)/b10-8-,16-14-,22-20-,26-25-,29-28-,33-31-. The first-order valence-corrected chi connectivity index (χ1v) is 27.7. The van der Waals surface area contributed by atoms with E-state index in [0.29, 0.717) is 23.9 Å². The van der Waals surface area contributed by atoms with Crippen LogP contribution in [0.2, 0.25) is 0 Å². The van der Waals surface area contributed by atoms with Crippen molar-refractivity contribution in [3.05, 3.63) is 72.9 Å². The Morgan fingerprint density at radius 1 is 0.562 bits per heavy atom. The minimum Gasteiger partial charge on any atom is -0.756 e. The van der Waals surface area contributed by atoms with E-state index in [1.807, 2.05) is 21.1 Å². The van der Waals surface area contributed by atoms with Gasteiger partial charge in [0.05, 0.1) is 39.9 Å². The molecule has 0 bridgehead atoms. The maximum atomic E-state index is 12.9. The summed E-state index contributed by atoms with van der Waals surface area (Å²) in [6.45, 7) is 4.60. The number of unbranched alkanes of at least 4 members (excludes halogenated alkanes) is 22. The first-order chi connectivity index (χ1) is 31.0. The van der Waals surface area contributed by atoms with E-state index in [1.165, 1.54) is 103 Å². The molecule has 0 aromatic rings. The molecule has 0 saturated heterocycles. The number of allylic oxidation sites excluding steroid dienone is 12. The zero-order valence-corrected chi connectivity index (χ0v) is 43.1. The average molecular weight is 917 g/mol. The number of carbonyl (C=O) groups is 1. The van der Waals surface area contributed by atoms with Crippen molar-refractivity contribution in [3.8, 4) is 0 Å². The lowest BCUT2D eigenvalue weighted by molar-refractivity contribution is -0.870. The number of aliphatic hydroxyl groups excluding tert-OH is 1. The van der Waals surface area contributed by atoms with Crippen LogP contribution in [0.25, 0.3) is 0 Å². The van der Waals surface area contributed by atoms with Gasteiger partial charge < -0.3 is 28.8 Å². The Morgan fingerprint density at radius 3 is 1.39 bits per heavy atom. The zero-order valence-electron chi connectivity index (χ0n) is 42.2. The number of hydrogen-bond acceptors (Lipinski definition) is 6. The van der Waals surface area contributed by atoms with E-state index in [2.05, 4.69) is 92.1 Å². The molecule has 0 heterocycles. The summed E-state index contributed by atoms with van der Waals surface area (Å²) in [7, 11) is 1.29. The SMILES string of the molecule is CC/C=C\C/C=C\C/C=C\C/C=C\C/C=C\C/C=C\CCCCCCCCC(=O)NC(COP(=O)([O-])OCC[N+](C)(C)C)C(O)CCCCCCCCCCCCCCCCCCC. The first kappa shape index (κ1) is 61.9. The van der Waals surface area contributed by atoms with E-state index in [1.54, 1.807) is 0 Å². The zero-order chi connectivity index (χ0) is 47.1. The second-order valence-corrected chi connectivity index (χ2v) is 20.3. The topological polar surface area (TPSA) is 108 Å². The van der Waals surface area contributed by atoms with E-state index >= 15 is 0 Å². The predicted molar refractivity (Wildman–Crippen MR) is 274 cm³/mol. The molecule has 0 aliphatic rings. The van der Waals surface area contributed by atoms with Crippen molar-refractivity contribution >= 4 is 13.7 Å². The van der Waals surface area contributed by atoms with E-state index < -0.39 is 20.0 Å². The Hall–Kier alpha value is -2.06. The van der Waals surface area contributed by atoms with Crippen molar-refractivity contribution in [2.24, 2.45) is 0 Å². The van der Waals surface area contributed by atoms with Crippen molar-refractivity contribution in [2.45, 2.75) is 231 Å². The molecule has 9 heteroatoms. The molecule has 372 valence electrons. The second kappa shape index (κ2) is 46.1. The van der Waals surface area contributed by atoms with Gasteiger partial charge in [-0.1, -0.05) is 222 Å². The summed E-state index contributed by atoms with van der Waals surface area (Å²) in [4.78, 5) is 25.5. The molecular weight excluding hydrogens is 816 g/mol. The lowest BCUT2D eigenvalue weighted by atomic mass is 10.0. The van der Waals surface area contributed by atoms with Gasteiger partial charge in [-0.2, -0.15) is 0 Å². The van der Waals surface area contributed by atoms with Gasteiger partial charge in [-0.15, -0.1) is 0 Å². The van der Waals surface area contributed by atoms with E-state index in [9.17, 15) is 19.4 Å². The van der Waals surface area contributed by atoms with Crippen LogP contribution in [0.1, 0.15) is 219 Å². The number of quaternary nitrogens is 1. The average Bonchev–Trinajstić information content (AvgIpc) is 3.25. The third-order valence-corrected chi connectivity index (χ3v) is 12.4. The molecule has 0 radical (unpaired) electrons. The van der Waals surface area contributed by atoms with Crippen molar-refractivity contribution in [3.63, 3.8) is 0 Å². The molecule has 0 aliphatic carbocycles. The minimum atomic E-state index is -4.58. The predicted octanol–water partition coefficient (Wildman–Crippen LogP) is 14.9. The normalized spacial score (nSPS) is 14.7. The molecule has 0 rings (SSSR count). The van der Waals surface area contributed by atoms with E-state index in [0.717, 1.165) is 89.9 Å². The summed E-state index contributed by atoms with van der Waals surface area (Å²) in [5.41, 5.74) is 0. The Morgan fingerprint density at radius 2 is 0.953 bits per heavy atom. The molecular formula is C55H101N2O6P. The van der Waals surface area contributed by atoms with Crippen LogP contribution in [0.3, 0.4) is 0 Å². The Kier molecular flexibility index (Phi) is 44.6. The van der Waals surface area contributed by atoms with Crippen LogP contribution in [0.4, 0.5) is 0 Å². The maximum absolute atomic E-state index is 12.9. The van der Waals surface area contributed by atoms with Crippen LogP contribution >= 0.6 is 7.82 Å². The van der Waals surface area contributed by atoms with Gasteiger partial charge in [0, 0.05) is 6.42 Å². The van der Waals surface area contributed by atoms with Crippen LogP contribution in [0.15, 0.2) is 72.9 Å². The third-order valence-electron chi connectivity index (χ3n) is 11.5. The lowest BCUT2D eigenvalue weighted by Crippen LogP contribution is -2.46. The molecule has 0 aromatic heterocycles. The van der Waals surface area contributed by atoms with Gasteiger partial charge in [0.25, 0.3) is 7.82 Å². The molecule has 0 fully saturated rings. The molecule has 0 aliphatic heterocycles. The molecule has 0 spiro atoms. The van der Waals surface area contributed by atoms with Gasteiger partial charge in [-0.25, -0.2) is 0 Å². The lowest BCUT2D eigenvalue weighted by Gasteiger charge is -2.30. The number of likely N-dealkylation sites (N-methyl/N-ethyl adjacent to an activating group) is 1. The third kappa shape index (κ3) is 47.9. The van der Waals surface area contributed by atoms with E-state index in [-0.39, 0.29) is 19.1 Å². The number of aliphatic hydroxyl groups is 1. The number of phosphoric ester groups is 1. The van der Waals surface area contributed by atoms with Crippen LogP contribution in [-0.2, 0) is 18.4 Å². The van der Waals surface area contributed by atoms with Crippen LogP contribution < -0.4 is 10.2 Å². The Bertz CT molecular complexity index is 1270. The molecule has 3 atom stereocenters. The summed E-state index contributed by atoms with van der Waals surface area (Å²) in [5.74, 6) is -0.181. The van der Waals surface area contributed by atoms with Crippen molar-refractivity contribution in [2.75, 3.05) is 40.9 Å². The van der Waals surface area contributed by atoms with Crippen molar-refractivity contribution in [1.82, 2.24) is 5.32 Å². The molecule has 3 unspecified atom stereocenters. The molecule has 8 nitrogen and oxygen atoms in total. The van der Waals surface area contributed by atoms with Gasteiger partial charge in [0.15, 0.2) is 0 Å². The largest absolute Gasteiger partial charge is 0.756 e. The molecule has 64 heavy (non-hydrogen) atoms. The van der Waals surface area contributed by atoms with Gasteiger partial charge in [0.1, 0.15) is 13.2 Å². The summed E-state index contributed by atoms with van der Waals surface area (Å²) in [5, 5.41) is 14.0. The summed E-state index contributed by atoms with van der Waals surface area (Å²) < 4.78 is 23.4. The summed E-state index contributed by atoms with van der Waals surface area (Å²) in [6, 6.07) is -0.813. The smallest absolute Gasteiger partial charge is 0.268 e. The quantitative estimate of drug-likeness (QED) is 0.0272. The first-order valence-electron chi connectivity index (χ1n) is 26.3. The van der Waals surface area contributed by atoms with Crippen molar-refractivity contribution < 1.29 is 32.9 Å². The highest BCUT2D eigenvalue weighted by atomic mass is 31.2. The highest BCUT2D eigenvalue weighted by molar-refractivity contribution is 7.45. The maximum Gasteiger partial charge on any atom is 0.268 e. The van der Waals surface area contributed by atoms with Crippen LogP contribution in [0.5, 0.6) is 0 Å². The highest BCUT2D eigenvalue weighted by Crippen LogP contribution is 2.38. The molecule has 0 saturated carbocycles. The number of amides is 1. The van der Waals surface area contributed by atoms with Crippen LogP contribution in [-0.4, -0.2) is 68.5 Å². The Balaban J connectivity index is 4.29. The highest BCUT2D eigenvalue weighted by Gasteiger charge is 2.24. The minimum absolute atomic E-state index is 0.00557. The van der Waals surface area contributed by atoms with Gasteiger partial charge in [0.2, 0.25) is 5.91 Å². The second-order valence-electron chi connectivity index (χ2n) is 18.9. The van der Waals surface area contributed by atoms with Gasteiger partial charge in [-0.3, -0.25) is 9.36 Å². The number of rotatable bonds is 47. The number of nitrogens with one attached hydrogen (secondary N) is 1. The number of nitrogens with zero attached hydrogens (tertiary/aromatic N) is 1. The Labute approximate surface area is 395 Å². The number of carbonyl (C=O) groups excluding carboxylic acids is 1. The summed E-state index contributed by atoms with van der Waals surface area (Å²) in [6.07, 6.45) is 61.9. The molecule has 1 amide bonds. The van der Waals surface area contributed by atoms with Crippen molar-refractivity contribution in [1.29, 1.82) is 0 Å². The fraction of sp³-hybridized carbons (Fsp3) is 0.764. The number of hydrogen-bond donors (Lipinski definition) is 2. The molecule has 0 aromatic carbocycles. The van der Waals surface area contributed by atoms with Gasteiger partial charge >= 0.3 is 0 Å². The fourth-order valence-corrected chi connectivity index (χ4v) is 8.06. The number of phosphoric acid groups is 1. The fourth-order valence-electron chi connectivity index (χ4n) is 7.34.